The molecule has 168 valence electrons. The smallest absolute Gasteiger partial charge is 0.426 e. The molecule has 1 heterocycles. The summed E-state index contributed by atoms with van der Waals surface area (Å²) in [5.41, 5.74) is 5.24. The molecule has 0 aliphatic heterocycles. The number of carbonyl (C=O) groups is 3. The third-order valence-electron chi connectivity index (χ3n) is 4.58. The van der Waals surface area contributed by atoms with E-state index in [1.807, 2.05) is 30.7 Å². The predicted molar refractivity (Wildman–Crippen MR) is 116 cm³/mol. The fourth-order valence-corrected chi connectivity index (χ4v) is 2.82. The molecule has 3 amide bonds. The third kappa shape index (κ3) is 7.76. The van der Waals surface area contributed by atoms with Gasteiger partial charge in [0.05, 0.1) is 6.33 Å². The summed E-state index contributed by atoms with van der Waals surface area (Å²) in [6.45, 7) is 9.51. The van der Waals surface area contributed by atoms with E-state index in [-0.39, 0.29) is 11.8 Å². The van der Waals surface area contributed by atoms with E-state index < -0.39 is 23.6 Å². The van der Waals surface area contributed by atoms with Crippen molar-refractivity contribution < 1.29 is 19.1 Å². The van der Waals surface area contributed by atoms with Crippen LogP contribution < -0.4 is 16.2 Å². The highest BCUT2D eigenvalue weighted by Gasteiger charge is 2.27. The Balaban J connectivity index is 2.03. The standard InChI is InChI=1S/C22H31N5O4/c1-6-15(2)18(20(29)25-26-21(30)31-22(3,4)5)24-19(28)17-9-7-8-16(12-17)13-27-11-10-23-14-27/h7-12,14-15,18H,6,13H2,1-5H3,(H,24,28)(H,25,29)(H,26,30)/t15-,18-/m0/s1. The Kier molecular flexibility index (Phi) is 8.18. The van der Waals surface area contributed by atoms with E-state index >= 15 is 0 Å². The zero-order chi connectivity index (χ0) is 23.0. The minimum absolute atomic E-state index is 0.154. The Morgan fingerprint density at radius 3 is 2.55 bits per heavy atom. The van der Waals surface area contributed by atoms with Gasteiger partial charge in [-0.3, -0.25) is 15.0 Å². The van der Waals surface area contributed by atoms with E-state index in [1.54, 1.807) is 51.5 Å². The van der Waals surface area contributed by atoms with Gasteiger partial charge in [0.25, 0.3) is 11.8 Å². The van der Waals surface area contributed by atoms with E-state index in [0.717, 1.165) is 5.56 Å². The first-order valence-corrected chi connectivity index (χ1v) is 10.2. The number of nitrogens with one attached hydrogen (secondary N) is 3. The van der Waals surface area contributed by atoms with E-state index in [0.29, 0.717) is 18.5 Å². The molecule has 2 aromatic rings. The van der Waals surface area contributed by atoms with Gasteiger partial charge in [-0.15, -0.1) is 0 Å². The van der Waals surface area contributed by atoms with Gasteiger partial charge in [-0.25, -0.2) is 15.2 Å². The number of ether oxygens (including phenoxy) is 1. The molecule has 0 saturated carbocycles. The second-order valence-corrected chi connectivity index (χ2v) is 8.39. The topological polar surface area (TPSA) is 114 Å². The van der Waals surface area contributed by atoms with Gasteiger partial charge >= 0.3 is 6.09 Å². The number of amides is 3. The highest BCUT2D eigenvalue weighted by atomic mass is 16.6. The minimum Gasteiger partial charge on any atom is -0.443 e. The molecule has 9 nitrogen and oxygen atoms in total. The predicted octanol–water partition coefficient (Wildman–Crippen LogP) is 2.63. The zero-order valence-corrected chi connectivity index (χ0v) is 18.6. The molecule has 2 atom stereocenters. The molecule has 0 aliphatic carbocycles. The molecule has 0 unspecified atom stereocenters. The van der Waals surface area contributed by atoms with Crippen molar-refractivity contribution in [3.05, 3.63) is 54.1 Å². The molecular weight excluding hydrogens is 398 g/mol. The number of hydrazine groups is 1. The highest BCUT2D eigenvalue weighted by Crippen LogP contribution is 2.12. The lowest BCUT2D eigenvalue weighted by atomic mass is 9.98. The lowest BCUT2D eigenvalue weighted by Crippen LogP contribution is -2.55. The van der Waals surface area contributed by atoms with Crippen LogP contribution in [0, 0.1) is 5.92 Å². The molecule has 9 heteroatoms. The van der Waals surface area contributed by atoms with Gasteiger partial charge in [-0.05, 0) is 44.4 Å². The third-order valence-corrected chi connectivity index (χ3v) is 4.58. The fourth-order valence-electron chi connectivity index (χ4n) is 2.82. The number of aromatic nitrogens is 2. The SMILES string of the molecule is CC[C@H](C)[C@H](NC(=O)c1cccc(Cn2ccnc2)c1)C(=O)NNC(=O)OC(C)(C)C. The number of hydrogen-bond donors (Lipinski definition) is 3. The maximum atomic E-state index is 12.8. The van der Waals surface area contributed by atoms with Crippen LogP contribution in [0.4, 0.5) is 4.79 Å². The summed E-state index contributed by atoms with van der Waals surface area (Å²) in [4.78, 5) is 41.3. The number of rotatable bonds is 7. The summed E-state index contributed by atoms with van der Waals surface area (Å²) >= 11 is 0. The molecule has 0 spiro atoms. The largest absolute Gasteiger partial charge is 0.443 e. The molecule has 0 bridgehead atoms. The number of nitrogens with zero attached hydrogens (tertiary/aromatic N) is 2. The van der Waals surface area contributed by atoms with Gasteiger partial charge < -0.3 is 14.6 Å². The van der Waals surface area contributed by atoms with Crippen LogP contribution >= 0.6 is 0 Å². The molecule has 2 rings (SSSR count). The monoisotopic (exact) mass is 429 g/mol. The molecular formula is C22H31N5O4. The van der Waals surface area contributed by atoms with Crippen molar-refractivity contribution in [2.45, 2.75) is 59.2 Å². The van der Waals surface area contributed by atoms with E-state index in [1.165, 1.54) is 0 Å². The number of carbonyl (C=O) groups excluding carboxylic acids is 3. The molecule has 1 aromatic carbocycles. The average molecular weight is 430 g/mol. The van der Waals surface area contributed by atoms with Crippen molar-refractivity contribution in [1.82, 2.24) is 25.7 Å². The maximum absolute atomic E-state index is 12.8. The summed E-state index contributed by atoms with van der Waals surface area (Å²) in [7, 11) is 0. The summed E-state index contributed by atoms with van der Waals surface area (Å²) in [6.07, 6.45) is 5.12. The Morgan fingerprint density at radius 2 is 1.94 bits per heavy atom. The first-order valence-electron chi connectivity index (χ1n) is 10.2. The van der Waals surface area contributed by atoms with Crippen molar-refractivity contribution in [2.24, 2.45) is 5.92 Å². The van der Waals surface area contributed by atoms with Gasteiger partial charge in [-0.2, -0.15) is 0 Å². The quantitative estimate of drug-likeness (QED) is 0.586. The van der Waals surface area contributed by atoms with E-state index in [9.17, 15) is 14.4 Å². The Labute approximate surface area is 182 Å². The van der Waals surface area contributed by atoms with Crippen molar-refractivity contribution in [3.8, 4) is 0 Å². The van der Waals surface area contributed by atoms with Gasteiger partial charge in [0.15, 0.2) is 0 Å². The fraction of sp³-hybridized carbons (Fsp3) is 0.455. The second kappa shape index (κ2) is 10.6. The van der Waals surface area contributed by atoms with Crippen LogP contribution in [-0.4, -0.2) is 39.1 Å². The molecule has 1 aromatic heterocycles. The van der Waals surface area contributed by atoms with Crippen LogP contribution in [0.5, 0.6) is 0 Å². The molecule has 0 fully saturated rings. The molecule has 0 saturated heterocycles. The van der Waals surface area contributed by atoms with Gasteiger partial charge in [0.2, 0.25) is 0 Å². The molecule has 0 aliphatic rings. The number of hydrogen-bond acceptors (Lipinski definition) is 5. The Morgan fingerprint density at radius 1 is 1.19 bits per heavy atom. The molecule has 0 radical (unpaired) electrons. The van der Waals surface area contributed by atoms with Crippen LogP contribution in [0.1, 0.15) is 57.0 Å². The second-order valence-electron chi connectivity index (χ2n) is 8.39. The molecule has 3 N–H and O–H groups in total. The van der Waals surface area contributed by atoms with Gasteiger partial charge in [-0.1, -0.05) is 32.4 Å². The first kappa shape index (κ1) is 23.9. The van der Waals surface area contributed by atoms with Crippen molar-refractivity contribution in [3.63, 3.8) is 0 Å². The van der Waals surface area contributed by atoms with Crippen LogP contribution in [0.3, 0.4) is 0 Å². The summed E-state index contributed by atoms with van der Waals surface area (Å²) in [6, 6.07) is 6.35. The average Bonchev–Trinajstić information content (AvgIpc) is 3.21. The number of benzene rings is 1. The Bertz CT molecular complexity index is 890. The summed E-state index contributed by atoms with van der Waals surface area (Å²) in [5.74, 6) is -1.05. The lowest BCUT2D eigenvalue weighted by molar-refractivity contribution is -0.125. The van der Waals surface area contributed by atoms with Crippen LogP contribution in [0.2, 0.25) is 0 Å². The van der Waals surface area contributed by atoms with E-state index in [4.69, 9.17) is 4.74 Å². The summed E-state index contributed by atoms with van der Waals surface area (Å²) < 4.78 is 7.00. The van der Waals surface area contributed by atoms with Crippen LogP contribution in [0.25, 0.3) is 0 Å². The summed E-state index contributed by atoms with van der Waals surface area (Å²) in [5, 5.41) is 2.78. The molecule has 31 heavy (non-hydrogen) atoms. The van der Waals surface area contributed by atoms with Gasteiger partial charge in [0, 0.05) is 24.5 Å². The normalized spacial score (nSPS) is 13.1. The first-order chi connectivity index (χ1) is 14.6. The zero-order valence-electron chi connectivity index (χ0n) is 18.6. The Hall–Kier alpha value is -3.36. The highest BCUT2D eigenvalue weighted by molar-refractivity contribution is 5.97. The van der Waals surface area contributed by atoms with Crippen molar-refractivity contribution in [1.29, 1.82) is 0 Å². The van der Waals surface area contributed by atoms with Gasteiger partial charge in [0.1, 0.15) is 11.6 Å². The minimum atomic E-state index is -0.829. The van der Waals surface area contributed by atoms with Crippen molar-refractivity contribution in [2.75, 3.05) is 0 Å². The van der Waals surface area contributed by atoms with Crippen LogP contribution in [0.15, 0.2) is 43.0 Å². The van der Waals surface area contributed by atoms with Crippen LogP contribution in [-0.2, 0) is 16.1 Å². The lowest BCUT2D eigenvalue weighted by Gasteiger charge is -2.24. The van der Waals surface area contributed by atoms with Crippen molar-refractivity contribution >= 4 is 17.9 Å². The van der Waals surface area contributed by atoms with E-state index in [2.05, 4.69) is 21.2 Å². The number of imidazole rings is 1. The maximum Gasteiger partial charge on any atom is 0.426 e.